The first-order valence-corrected chi connectivity index (χ1v) is 5.99. The number of nitrogens with zero attached hydrogens (tertiary/aromatic N) is 2. The molecule has 0 spiro atoms. The lowest BCUT2D eigenvalue weighted by Crippen LogP contribution is -2.06. The Morgan fingerprint density at radius 1 is 1.47 bits per heavy atom. The summed E-state index contributed by atoms with van der Waals surface area (Å²) in [6, 6.07) is 5.20. The molecule has 0 aliphatic heterocycles. The molecule has 0 fully saturated rings. The maximum Gasteiger partial charge on any atom is 0.337 e. The van der Waals surface area contributed by atoms with Crippen molar-refractivity contribution in [2.45, 2.75) is 13.5 Å². The number of anilines is 1. The van der Waals surface area contributed by atoms with Gasteiger partial charge in [-0.3, -0.25) is 4.98 Å². The first-order chi connectivity index (χ1) is 9.08. The molecule has 0 saturated carbocycles. The first-order valence-electron chi connectivity index (χ1n) is 5.61. The summed E-state index contributed by atoms with van der Waals surface area (Å²) in [5.41, 5.74) is 2.01. The largest absolute Gasteiger partial charge is 0.478 e. The third-order valence-electron chi connectivity index (χ3n) is 2.63. The highest BCUT2D eigenvalue weighted by Gasteiger charge is 2.08. The van der Waals surface area contributed by atoms with Crippen LogP contribution in [-0.2, 0) is 6.54 Å². The normalized spacial score (nSPS) is 10.2. The zero-order valence-electron chi connectivity index (χ0n) is 10.2. The van der Waals surface area contributed by atoms with Crippen LogP contribution in [0.15, 0.2) is 30.6 Å². The molecule has 6 heteroatoms. The van der Waals surface area contributed by atoms with Crippen LogP contribution >= 0.6 is 11.6 Å². The molecule has 2 aromatic heterocycles. The van der Waals surface area contributed by atoms with E-state index in [-0.39, 0.29) is 10.6 Å². The quantitative estimate of drug-likeness (QED) is 0.899. The zero-order chi connectivity index (χ0) is 13.8. The van der Waals surface area contributed by atoms with Crippen LogP contribution in [0.4, 0.5) is 5.82 Å². The number of aromatic nitrogens is 2. The van der Waals surface area contributed by atoms with Gasteiger partial charge in [0, 0.05) is 12.4 Å². The molecule has 0 aliphatic carbocycles. The van der Waals surface area contributed by atoms with Gasteiger partial charge in [-0.25, -0.2) is 9.78 Å². The third-order valence-corrected chi connectivity index (χ3v) is 2.92. The van der Waals surface area contributed by atoms with Gasteiger partial charge in [-0.1, -0.05) is 17.7 Å². The SMILES string of the molecule is Cc1cccnc1CNc1ncc(C(=O)O)cc1Cl. The van der Waals surface area contributed by atoms with Crippen LogP contribution in [0.5, 0.6) is 0 Å². The summed E-state index contributed by atoms with van der Waals surface area (Å²) < 4.78 is 0. The number of halogens is 1. The fourth-order valence-electron chi connectivity index (χ4n) is 1.56. The number of rotatable bonds is 4. The van der Waals surface area contributed by atoms with Crippen molar-refractivity contribution >= 4 is 23.4 Å². The van der Waals surface area contributed by atoms with Crippen LogP contribution in [0, 0.1) is 6.92 Å². The van der Waals surface area contributed by atoms with E-state index in [9.17, 15) is 4.79 Å². The average molecular weight is 278 g/mol. The van der Waals surface area contributed by atoms with Gasteiger partial charge in [-0.2, -0.15) is 0 Å². The lowest BCUT2D eigenvalue weighted by atomic mass is 10.2. The molecule has 2 N–H and O–H groups in total. The number of pyridine rings is 2. The summed E-state index contributed by atoms with van der Waals surface area (Å²) >= 11 is 5.97. The first kappa shape index (κ1) is 13.3. The topological polar surface area (TPSA) is 75.1 Å². The molecular formula is C13H12ClN3O2. The molecule has 0 amide bonds. The number of aryl methyl sites for hydroxylation is 1. The van der Waals surface area contributed by atoms with Crippen LogP contribution in [0.1, 0.15) is 21.6 Å². The summed E-state index contributed by atoms with van der Waals surface area (Å²) in [4.78, 5) is 19.0. The van der Waals surface area contributed by atoms with Gasteiger partial charge in [0.15, 0.2) is 0 Å². The number of hydrogen-bond donors (Lipinski definition) is 2. The number of aromatic carboxylic acids is 1. The molecule has 5 nitrogen and oxygen atoms in total. The summed E-state index contributed by atoms with van der Waals surface area (Å²) in [6.07, 6.45) is 2.98. The van der Waals surface area contributed by atoms with Crippen molar-refractivity contribution in [2.75, 3.05) is 5.32 Å². The molecule has 19 heavy (non-hydrogen) atoms. The highest BCUT2D eigenvalue weighted by Crippen LogP contribution is 2.20. The molecule has 0 unspecified atom stereocenters. The summed E-state index contributed by atoms with van der Waals surface area (Å²) in [5.74, 6) is -0.613. The van der Waals surface area contributed by atoms with Gasteiger partial charge >= 0.3 is 5.97 Å². The predicted octanol–water partition coefficient (Wildman–Crippen LogP) is 2.75. The monoisotopic (exact) mass is 277 g/mol. The second-order valence-corrected chi connectivity index (χ2v) is 4.39. The highest BCUT2D eigenvalue weighted by molar-refractivity contribution is 6.33. The van der Waals surface area contributed by atoms with E-state index in [2.05, 4.69) is 15.3 Å². The van der Waals surface area contributed by atoms with Crippen molar-refractivity contribution in [1.29, 1.82) is 0 Å². The van der Waals surface area contributed by atoms with Crippen LogP contribution in [0.2, 0.25) is 5.02 Å². The molecular weight excluding hydrogens is 266 g/mol. The average Bonchev–Trinajstić information content (AvgIpc) is 2.39. The Hall–Kier alpha value is -2.14. The van der Waals surface area contributed by atoms with Crippen molar-refractivity contribution in [3.05, 3.63) is 52.4 Å². The molecule has 0 saturated heterocycles. The Morgan fingerprint density at radius 3 is 2.89 bits per heavy atom. The van der Waals surface area contributed by atoms with Gasteiger partial charge in [-0.05, 0) is 24.6 Å². The minimum Gasteiger partial charge on any atom is -0.478 e. The van der Waals surface area contributed by atoms with Gasteiger partial charge < -0.3 is 10.4 Å². The Bertz CT molecular complexity index is 617. The summed E-state index contributed by atoms with van der Waals surface area (Å²) in [7, 11) is 0. The lowest BCUT2D eigenvalue weighted by molar-refractivity contribution is 0.0696. The maximum atomic E-state index is 10.8. The molecule has 2 rings (SSSR count). The van der Waals surface area contributed by atoms with Crippen molar-refractivity contribution < 1.29 is 9.90 Å². The summed E-state index contributed by atoms with van der Waals surface area (Å²) in [6.45, 7) is 2.44. The van der Waals surface area contributed by atoms with E-state index in [4.69, 9.17) is 16.7 Å². The number of carboxylic acids is 1. The summed E-state index contributed by atoms with van der Waals surface area (Å²) in [5, 5.41) is 12.1. The van der Waals surface area contributed by atoms with Crippen LogP contribution in [-0.4, -0.2) is 21.0 Å². The lowest BCUT2D eigenvalue weighted by Gasteiger charge is -2.09. The van der Waals surface area contributed by atoms with E-state index in [1.807, 2.05) is 19.1 Å². The Kier molecular flexibility index (Phi) is 3.97. The van der Waals surface area contributed by atoms with Gasteiger partial charge in [0.25, 0.3) is 0 Å². The van der Waals surface area contributed by atoms with E-state index < -0.39 is 5.97 Å². The molecule has 0 bridgehead atoms. The molecule has 2 aromatic rings. The van der Waals surface area contributed by atoms with Crippen LogP contribution in [0.3, 0.4) is 0 Å². The van der Waals surface area contributed by atoms with E-state index in [1.165, 1.54) is 12.3 Å². The zero-order valence-corrected chi connectivity index (χ0v) is 11.0. The third kappa shape index (κ3) is 3.20. The minimum absolute atomic E-state index is 0.0598. The number of carbonyl (C=O) groups is 1. The van der Waals surface area contributed by atoms with Gasteiger partial charge in [0.2, 0.25) is 0 Å². The molecule has 0 aliphatic rings. The van der Waals surface area contributed by atoms with Crippen molar-refractivity contribution in [1.82, 2.24) is 9.97 Å². The Morgan fingerprint density at radius 2 is 2.26 bits per heavy atom. The van der Waals surface area contributed by atoms with Crippen LogP contribution in [0.25, 0.3) is 0 Å². The standard InChI is InChI=1S/C13H12ClN3O2/c1-8-3-2-4-15-11(8)7-17-12-10(14)5-9(6-16-12)13(18)19/h2-6H,7H2,1H3,(H,16,17)(H,18,19). The van der Waals surface area contributed by atoms with E-state index in [1.54, 1.807) is 6.20 Å². The van der Waals surface area contributed by atoms with E-state index in [0.29, 0.717) is 12.4 Å². The number of hydrogen-bond acceptors (Lipinski definition) is 4. The molecule has 2 heterocycles. The Balaban J connectivity index is 2.12. The molecule has 0 atom stereocenters. The minimum atomic E-state index is -1.05. The van der Waals surface area contributed by atoms with E-state index >= 15 is 0 Å². The van der Waals surface area contributed by atoms with Crippen molar-refractivity contribution in [2.24, 2.45) is 0 Å². The second-order valence-electron chi connectivity index (χ2n) is 3.98. The fourth-order valence-corrected chi connectivity index (χ4v) is 1.79. The smallest absolute Gasteiger partial charge is 0.337 e. The number of nitrogens with one attached hydrogen (secondary N) is 1. The molecule has 0 aromatic carbocycles. The van der Waals surface area contributed by atoms with Crippen LogP contribution < -0.4 is 5.32 Å². The van der Waals surface area contributed by atoms with Crippen molar-refractivity contribution in [3.8, 4) is 0 Å². The molecule has 0 radical (unpaired) electrons. The number of carboxylic acid groups (broad SMARTS) is 1. The predicted molar refractivity (Wildman–Crippen MR) is 72.5 cm³/mol. The highest BCUT2D eigenvalue weighted by atomic mass is 35.5. The van der Waals surface area contributed by atoms with Gasteiger partial charge in [0.1, 0.15) is 5.82 Å². The fraction of sp³-hybridized carbons (Fsp3) is 0.154. The van der Waals surface area contributed by atoms with Gasteiger partial charge in [-0.15, -0.1) is 0 Å². The van der Waals surface area contributed by atoms with E-state index in [0.717, 1.165) is 11.3 Å². The second kappa shape index (κ2) is 5.67. The Labute approximate surface area is 115 Å². The maximum absolute atomic E-state index is 10.8. The molecule has 98 valence electrons. The van der Waals surface area contributed by atoms with Crippen molar-refractivity contribution in [3.63, 3.8) is 0 Å². The van der Waals surface area contributed by atoms with Gasteiger partial charge in [0.05, 0.1) is 22.8 Å².